The molecular formula is C12H13ClO. The molecule has 1 aromatic carbocycles. The highest BCUT2D eigenvalue weighted by atomic mass is 35.5. The van der Waals surface area contributed by atoms with E-state index in [4.69, 9.17) is 22.8 Å². The van der Waals surface area contributed by atoms with Crippen LogP contribution in [0.2, 0.25) is 5.02 Å². The van der Waals surface area contributed by atoms with E-state index in [1.165, 1.54) is 0 Å². The molecule has 2 heteroatoms. The van der Waals surface area contributed by atoms with E-state index in [-0.39, 0.29) is 5.92 Å². The first-order valence-electron chi connectivity index (χ1n) is 4.46. The number of hydrogen-bond donors (Lipinski definition) is 0. The zero-order valence-electron chi connectivity index (χ0n) is 8.38. The molecule has 0 aromatic heterocycles. The first kappa shape index (κ1) is 10.9. The highest BCUT2D eigenvalue weighted by Gasteiger charge is 2.10. The number of benzene rings is 1. The van der Waals surface area contributed by atoms with Crippen molar-refractivity contribution in [3.8, 4) is 18.1 Å². The van der Waals surface area contributed by atoms with Crippen molar-refractivity contribution < 1.29 is 4.74 Å². The summed E-state index contributed by atoms with van der Waals surface area (Å²) >= 11 is 5.91. The molecule has 0 aliphatic carbocycles. The molecule has 0 saturated heterocycles. The van der Waals surface area contributed by atoms with E-state index in [2.05, 4.69) is 12.8 Å². The first-order chi connectivity index (χ1) is 6.69. The maximum Gasteiger partial charge on any atom is 0.122 e. The van der Waals surface area contributed by atoms with Gasteiger partial charge in [-0.25, -0.2) is 0 Å². The van der Waals surface area contributed by atoms with E-state index < -0.39 is 0 Å². The zero-order valence-corrected chi connectivity index (χ0v) is 9.14. The van der Waals surface area contributed by atoms with Crippen molar-refractivity contribution in [3.63, 3.8) is 0 Å². The minimum Gasteiger partial charge on any atom is -0.496 e. The molecule has 0 radical (unpaired) electrons. The number of terminal acetylenes is 1. The molecule has 0 heterocycles. The van der Waals surface area contributed by atoms with Crippen LogP contribution in [0.25, 0.3) is 0 Å². The highest BCUT2D eigenvalue weighted by Crippen LogP contribution is 2.30. The summed E-state index contributed by atoms with van der Waals surface area (Å²) in [4.78, 5) is 0. The van der Waals surface area contributed by atoms with Crippen LogP contribution in [0.4, 0.5) is 0 Å². The van der Waals surface area contributed by atoms with Gasteiger partial charge in [-0.3, -0.25) is 0 Å². The van der Waals surface area contributed by atoms with E-state index in [0.29, 0.717) is 11.4 Å². The summed E-state index contributed by atoms with van der Waals surface area (Å²) in [6, 6.07) is 5.58. The largest absolute Gasteiger partial charge is 0.496 e. The van der Waals surface area contributed by atoms with Crippen LogP contribution in [-0.2, 0) is 0 Å². The fourth-order valence-electron chi connectivity index (χ4n) is 1.38. The van der Waals surface area contributed by atoms with Crippen molar-refractivity contribution in [2.75, 3.05) is 7.11 Å². The molecule has 0 aliphatic heterocycles. The van der Waals surface area contributed by atoms with Gasteiger partial charge >= 0.3 is 0 Å². The maximum absolute atomic E-state index is 5.91. The molecule has 1 atom stereocenters. The Morgan fingerprint density at radius 2 is 2.29 bits per heavy atom. The van der Waals surface area contributed by atoms with Crippen LogP contribution in [0.3, 0.4) is 0 Å². The lowest BCUT2D eigenvalue weighted by atomic mass is 9.97. The van der Waals surface area contributed by atoms with E-state index in [0.717, 1.165) is 11.3 Å². The van der Waals surface area contributed by atoms with Crippen LogP contribution in [0.5, 0.6) is 5.75 Å². The number of rotatable bonds is 3. The summed E-state index contributed by atoms with van der Waals surface area (Å²) in [5, 5.41) is 0.713. The van der Waals surface area contributed by atoms with E-state index in [1.54, 1.807) is 7.11 Å². The summed E-state index contributed by atoms with van der Waals surface area (Å²) in [6.45, 7) is 2.06. The second kappa shape index (κ2) is 4.93. The molecular weight excluding hydrogens is 196 g/mol. The fourth-order valence-corrected chi connectivity index (χ4v) is 1.56. The summed E-state index contributed by atoms with van der Waals surface area (Å²) < 4.78 is 5.24. The van der Waals surface area contributed by atoms with Gasteiger partial charge in [-0.2, -0.15) is 0 Å². The molecule has 1 aromatic rings. The Balaban J connectivity index is 3.04. The Labute approximate surface area is 90.0 Å². The average Bonchev–Trinajstić information content (AvgIpc) is 2.18. The van der Waals surface area contributed by atoms with Gasteiger partial charge in [-0.05, 0) is 29.7 Å². The Hall–Kier alpha value is -1.13. The van der Waals surface area contributed by atoms with Gasteiger partial charge in [0.25, 0.3) is 0 Å². The van der Waals surface area contributed by atoms with Crippen LogP contribution in [0.15, 0.2) is 18.2 Å². The standard InChI is InChI=1S/C12H13ClO/c1-4-5-9(2)11-8-10(13)6-7-12(11)14-3/h1,6-9H,5H2,2-3H3. The van der Waals surface area contributed by atoms with Crippen LogP contribution in [0.1, 0.15) is 24.8 Å². The lowest BCUT2D eigenvalue weighted by Crippen LogP contribution is -1.96. The second-order valence-corrected chi connectivity index (χ2v) is 3.63. The lowest BCUT2D eigenvalue weighted by molar-refractivity contribution is 0.407. The van der Waals surface area contributed by atoms with Crippen molar-refractivity contribution in [1.82, 2.24) is 0 Å². The molecule has 1 unspecified atom stereocenters. The molecule has 1 rings (SSSR count). The lowest BCUT2D eigenvalue weighted by Gasteiger charge is -2.13. The Morgan fingerprint density at radius 1 is 1.57 bits per heavy atom. The summed E-state index contributed by atoms with van der Waals surface area (Å²) in [5.74, 6) is 3.75. The molecule has 0 amide bonds. The van der Waals surface area contributed by atoms with Crippen LogP contribution in [-0.4, -0.2) is 7.11 Å². The monoisotopic (exact) mass is 208 g/mol. The summed E-state index contributed by atoms with van der Waals surface area (Å²) in [7, 11) is 1.65. The van der Waals surface area contributed by atoms with Gasteiger partial charge in [0.15, 0.2) is 0 Å². The molecule has 1 nitrogen and oxygen atoms in total. The zero-order chi connectivity index (χ0) is 10.6. The predicted molar refractivity (Wildman–Crippen MR) is 59.9 cm³/mol. The van der Waals surface area contributed by atoms with Crippen molar-refractivity contribution >= 4 is 11.6 Å². The topological polar surface area (TPSA) is 9.23 Å². The Morgan fingerprint density at radius 3 is 2.86 bits per heavy atom. The van der Waals surface area contributed by atoms with Gasteiger partial charge in [0.2, 0.25) is 0 Å². The molecule has 0 N–H and O–H groups in total. The summed E-state index contributed by atoms with van der Waals surface area (Å²) in [6.07, 6.45) is 5.96. The van der Waals surface area contributed by atoms with E-state index >= 15 is 0 Å². The molecule has 0 spiro atoms. The first-order valence-corrected chi connectivity index (χ1v) is 4.83. The maximum atomic E-state index is 5.91. The highest BCUT2D eigenvalue weighted by molar-refractivity contribution is 6.30. The molecule has 0 aliphatic rings. The van der Waals surface area contributed by atoms with Gasteiger partial charge in [0.1, 0.15) is 5.75 Å². The minimum absolute atomic E-state index is 0.272. The third-order valence-corrected chi connectivity index (χ3v) is 2.38. The third-order valence-electron chi connectivity index (χ3n) is 2.15. The van der Waals surface area contributed by atoms with Gasteiger partial charge in [-0.15, -0.1) is 12.3 Å². The van der Waals surface area contributed by atoms with Gasteiger partial charge < -0.3 is 4.74 Å². The van der Waals surface area contributed by atoms with Crippen LogP contribution < -0.4 is 4.74 Å². The fraction of sp³-hybridized carbons (Fsp3) is 0.333. The molecule has 0 bridgehead atoms. The number of methoxy groups -OCH3 is 1. The number of halogens is 1. The predicted octanol–water partition coefficient (Wildman–Crippen LogP) is 3.48. The minimum atomic E-state index is 0.272. The van der Waals surface area contributed by atoms with Gasteiger partial charge in [-0.1, -0.05) is 18.5 Å². The van der Waals surface area contributed by atoms with Gasteiger partial charge in [0, 0.05) is 11.4 Å². The molecule has 0 fully saturated rings. The second-order valence-electron chi connectivity index (χ2n) is 3.20. The summed E-state index contributed by atoms with van der Waals surface area (Å²) in [5.41, 5.74) is 1.07. The number of hydrogen-bond acceptors (Lipinski definition) is 1. The van der Waals surface area contributed by atoms with Crippen molar-refractivity contribution in [2.45, 2.75) is 19.3 Å². The third kappa shape index (κ3) is 2.43. The van der Waals surface area contributed by atoms with Crippen molar-refractivity contribution in [1.29, 1.82) is 0 Å². The molecule has 74 valence electrons. The average molecular weight is 209 g/mol. The van der Waals surface area contributed by atoms with Crippen LogP contribution >= 0.6 is 11.6 Å². The van der Waals surface area contributed by atoms with Gasteiger partial charge in [0.05, 0.1) is 7.11 Å². The Kier molecular flexibility index (Phi) is 3.85. The van der Waals surface area contributed by atoms with E-state index in [1.807, 2.05) is 18.2 Å². The smallest absolute Gasteiger partial charge is 0.122 e. The van der Waals surface area contributed by atoms with Crippen molar-refractivity contribution in [3.05, 3.63) is 28.8 Å². The Bertz CT molecular complexity index is 352. The molecule has 0 saturated carbocycles. The quantitative estimate of drug-likeness (QED) is 0.692. The normalized spacial score (nSPS) is 11.9. The molecule has 14 heavy (non-hydrogen) atoms. The van der Waals surface area contributed by atoms with E-state index in [9.17, 15) is 0 Å². The SMILES string of the molecule is C#CCC(C)c1cc(Cl)ccc1OC. The van der Waals surface area contributed by atoms with Crippen LogP contribution in [0, 0.1) is 12.3 Å². The van der Waals surface area contributed by atoms with Crippen molar-refractivity contribution in [2.24, 2.45) is 0 Å². The number of ether oxygens (including phenoxy) is 1.